The number of nitrogens with zero attached hydrogens (tertiary/aromatic N) is 4. The van der Waals surface area contributed by atoms with Crippen molar-refractivity contribution >= 4 is 28.1 Å². The molecule has 0 atom stereocenters. The van der Waals surface area contributed by atoms with Crippen molar-refractivity contribution in [2.45, 2.75) is 20.4 Å². The normalized spacial score (nSPS) is 10.7. The molecule has 5 nitrogen and oxygen atoms in total. The molecule has 0 aliphatic rings. The van der Waals surface area contributed by atoms with Gasteiger partial charge in [0.15, 0.2) is 0 Å². The predicted octanol–water partition coefficient (Wildman–Crippen LogP) is 2.18. The molecular formula is C9H12ClN5S. The van der Waals surface area contributed by atoms with Crippen LogP contribution in [-0.2, 0) is 6.54 Å². The number of anilines is 1. The second-order valence-electron chi connectivity index (χ2n) is 3.34. The second kappa shape index (κ2) is 4.80. The molecule has 0 bridgehead atoms. The van der Waals surface area contributed by atoms with Crippen molar-refractivity contribution in [1.29, 1.82) is 0 Å². The second-order valence-corrected chi connectivity index (χ2v) is 4.50. The van der Waals surface area contributed by atoms with Crippen LogP contribution in [0.3, 0.4) is 0 Å². The molecule has 0 amide bonds. The van der Waals surface area contributed by atoms with Gasteiger partial charge in [-0.1, -0.05) is 16.1 Å². The molecule has 0 saturated heterocycles. The van der Waals surface area contributed by atoms with Crippen molar-refractivity contribution in [3.05, 3.63) is 22.6 Å². The fourth-order valence-electron chi connectivity index (χ4n) is 1.33. The highest BCUT2D eigenvalue weighted by Gasteiger charge is 2.09. The molecule has 0 aliphatic heterocycles. The van der Waals surface area contributed by atoms with E-state index in [1.807, 2.05) is 13.8 Å². The lowest BCUT2D eigenvalue weighted by Crippen LogP contribution is -2.05. The maximum atomic E-state index is 5.94. The van der Waals surface area contributed by atoms with Crippen molar-refractivity contribution in [1.82, 2.24) is 19.4 Å². The van der Waals surface area contributed by atoms with Gasteiger partial charge in [0.2, 0.25) is 0 Å². The van der Waals surface area contributed by atoms with E-state index in [1.165, 1.54) is 11.5 Å². The zero-order valence-corrected chi connectivity index (χ0v) is 10.6. The Labute approximate surface area is 103 Å². The zero-order valence-electron chi connectivity index (χ0n) is 9.07. The number of hydrogen-bond acceptors (Lipinski definition) is 5. The molecular weight excluding hydrogens is 246 g/mol. The minimum Gasteiger partial charge on any atom is -0.374 e. The van der Waals surface area contributed by atoms with E-state index in [0.717, 1.165) is 22.9 Å². The van der Waals surface area contributed by atoms with Gasteiger partial charge >= 0.3 is 0 Å². The number of hydrogen-bond donors (Lipinski definition) is 1. The molecule has 86 valence electrons. The first-order valence-electron chi connectivity index (χ1n) is 4.95. The maximum Gasteiger partial charge on any atom is 0.135 e. The molecule has 0 radical (unpaired) electrons. The van der Waals surface area contributed by atoms with Gasteiger partial charge < -0.3 is 5.32 Å². The Hall–Kier alpha value is -1.14. The van der Waals surface area contributed by atoms with Gasteiger partial charge in [-0.2, -0.15) is 5.10 Å². The summed E-state index contributed by atoms with van der Waals surface area (Å²) in [6.07, 6.45) is 1.80. The van der Waals surface area contributed by atoms with Gasteiger partial charge in [-0.05, 0) is 13.8 Å². The molecule has 16 heavy (non-hydrogen) atoms. The van der Waals surface area contributed by atoms with Gasteiger partial charge in [-0.15, -0.1) is 5.10 Å². The van der Waals surface area contributed by atoms with Crippen molar-refractivity contribution in [3.8, 4) is 0 Å². The van der Waals surface area contributed by atoms with Gasteiger partial charge in [0, 0.05) is 24.3 Å². The summed E-state index contributed by atoms with van der Waals surface area (Å²) < 4.78 is 5.69. The van der Waals surface area contributed by atoms with Crippen LogP contribution in [0.4, 0.5) is 5.00 Å². The molecule has 2 heterocycles. The van der Waals surface area contributed by atoms with E-state index in [-0.39, 0.29) is 0 Å². The van der Waals surface area contributed by atoms with E-state index in [0.29, 0.717) is 11.6 Å². The van der Waals surface area contributed by atoms with Crippen LogP contribution in [0.5, 0.6) is 0 Å². The highest BCUT2D eigenvalue weighted by Crippen LogP contribution is 2.19. The lowest BCUT2D eigenvalue weighted by molar-refractivity contribution is 0.664. The number of aromatic nitrogens is 4. The van der Waals surface area contributed by atoms with Crippen LogP contribution in [0, 0.1) is 6.92 Å². The Morgan fingerprint density at radius 2 is 2.38 bits per heavy atom. The molecule has 0 aliphatic carbocycles. The minimum atomic E-state index is 0.590. The summed E-state index contributed by atoms with van der Waals surface area (Å²) in [5, 5.41) is 13.2. The quantitative estimate of drug-likeness (QED) is 0.912. The Morgan fingerprint density at radius 1 is 1.56 bits per heavy atom. The van der Waals surface area contributed by atoms with Gasteiger partial charge in [-0.25, -0.2) is 0 Å². The summed E-state index contributed by atoms with van der Waals surface area (Å²) in [5.74, 6) is 0. The van der Waals surface area contributed by atoms with Crippen LogP contribution in [-0.4, -0.2) is 25.9 Å². The molecule has 1 N–H and O–H groups in total. The van der Waals surface area contributed by atoms with Crippen molar-refractivity contribution in [3.63, 3.8) is 0 Å². The molecule has 7 heteroatoms. The largest absolute Gasteiger partial charge is 0.374 e. The van der Waals surface area contributed by atoms with Crippen LogP contribution in [0.2, 0.25) is 5.02 Å². The predicted molar refractivity (Wildman–Crippen MR) is 65.1 cm³/mol. The standard InChI is InChI=1S/C9H12ClN5S/c1-3-11-9-8(12-14-16-9)5-15-4-7(10)6(2)13-15/h4,11H,3,5H2,1-2H3. The Balaban J connectivity index is 2.16. The number of halogens is 1. The molecule has 2 aromatic rings. The number of nitrogens with one attached hydrogen (secondary N) is 1. The lowest BCUT2D eigenvalue weighted by atomic mass is 10.4. The summed E-state index contributed by atoms with van der Waals surface area (Å²) >= 11 is 7.30. The fourth-order valence-corrected chi connectivity index (χ4v) is 2.13. The average Bonchev–Trinajstić information content (AvgIpc) is 2.77. The molecule has 0 unspecified atom stereocenters. The van der Waals surface area contributed by atoms with Crippen molar-refractivity contribution < 1.29 is 0 Å². The zero-order chi connectivity index (χ0) is 11.5. The van der Waals surface area contributed by atoms with E-state index in [2.05, 4.69) is 20.0 Å². The Kier molecular flexibility index (Phi) is 3.40. The molecule has 0 fully saturated rings. The van der Waals surface area contributed by atoms with Gasteiger partial charge in [0.05, 0.1) is 17.3 Å². The third-order valence-corrected chi connectivity index (χ3v) is 3.19. The molecule has 0 saturated carbocycles. The third-order valence-electron chi connectivity index (χ3n) is 2.09. The Bertz CT molecular complexity index is 458. The van der Waals surface area contributed by atoms with Gasteiger partial charge in [0.1, 0.15) is 10.7 Å². The van der Waals surface area contributed by atoms with Gasteiger partial charge in [-0.3, -0.25) is 4.68 Å². The van der Waals surface area contributed by atoms with E-state index in [1.54, 1.807) is 10.9 Å². The Morgan fingerprint density at radius 3 is 3.00 bits per heavy atom. The first-order chi connectivity index (χ1) is 7.70. The van der Waals surface area contributed by atoms with Gasteiger partial charge in [0.25, 0.3) is 0 Å². The summed E-state index contributed by atoms with van der Waals surface area (Å²) in [4.78, 5) is 0. The number of aryl methyl sites for hydroxylation is 1. The summed E-state index contributed by atoms with van der Waals surface area (Å²) in [6.45, 7) is 5.36. The summed E-state index contributed by atoms with van der Waals surface area (Å²) in [6, 6.07) is 0. The summed E-state index contributed by atoms with van der Waals surface area (Å²) in [7, 11) is 0. The highest BCUT2D eigenvalue weighted by molar-refractivity contribution is 7.10. The SMILES string of the molecule is CCNc1snnc1Cn1cc(Cl)c(C)n1. The lowest BCUT2D eigenvalue weighted by Gasteiger charge is -2.01. The van der Waals surface area contributed by atoms with E-state index >= 15 is 0 Å². The number of rotatable bonds is 4. The molecule has 2 rings (SSSR count). The monoisotopic (exact) mass is 257 g/mol. The van der Waals surface area contributed by atoms with Crippen LogP contribution in [0.1, 0.15) is 18.3 Å². The summed E-state index contributed by atoms with van der Waals surface area (Å²) in [5.41, 5.74) is 1.72. The van der Waals surface area contributed by atoms with E-state index < -0.39 is 0 Å². The first-order valence-corrected chi connectivity index (χ1v) is 6.10. The minimum absolute atomic E-state index is 0.590. The molecule has 0 aromatic carbocycles. The van der Waals surface area contributed by atoms with Crippen LogP contribution >= 0.6 is 23.1 Å². The fraction of sp³-hybridized carbons (Fsp3) is 0.444. The van der Waals surface area contributed by atoms with E-state index in [4.69, 9.17) is 11.6 Å². The van der Waals surface area contributed by atoms with Crippen molar-refractivity contribution in [2.24, 2.45) is 0 Å². The maximum absolute atomic E-state index is 5.94. The third kappa shape index (κ3) is 2.33. The molecule has 0 spiro atoms. The van der Waals surface area contributed by atoms with Crippen molar-refractivity contribution in [2.75, 3.05) is 11.9 Å². The average molecular weight is 258 g/mol. The first kappa shape index (κ1) is 11.3. The van der Waals surface area contributed by atoms with Crippen LogP contribution < -0.4 is 5.32 Å². The van der Waals surface area contributed by atoms with Crippen LogP contribution in [0.25, 0.3) is 0 Å². The van der Waals surface area contributed by atoms with E-state index in [9.17, 15) is 0 Å². The van der Waals surface area contributed by atoms with Crippen LogP contribution in [0.15, 0.2) is 6.20 Å². The highest BCUT2D eigenvalue weighted by atomic mass is 35.5. The smallest absolute Gasteiger partial charge is 0.135 e. The molecule has 2 aromatic heterocycles. The topological polar surface area (TPSA) is 55.6 Å².